The summed E-state index contributed by atoms with van der Waals surface area (Å²) in [6, 6.07) is 31.6. The highest BCUT2D eigenvalue weighted by Crippen LogP contribution is 2.40. The lowest BCUT2D eigenvalue weighted by Crippen LogP contribution is -2.36. The van der Waals surface area contributed by atoms with Crippen molar-refractivity contribution in [3.63, 3.8) is 0 Å². The maximum atomic E-state index is 14.8. The molecule has 2 aliphatic rings. The number of hydrogen-bond donors (Lipinski definition) is 0. The first-order valence-electron chi connectivity index (χ1n) is 20.5. The van der Waals surface area contributed by atoms with Crippen LogP contribution >= 0.6 is 0 Å². The molecule has 0 aliphatic carbocycles. The van der Waals surface area contributed by atoms with Gasteiger partial charge in [0.25, 0.3) is 0 Å². The number of pyridine rings is 1. The maximum Gasteiger partial charge on any atom is 0.355 e. The number of sulfonamides is 1. The third kappa shape index (κ3) is 7.31. The second kappa shape index (κ2) is 16.6. The van der Waals surface area contributed by atoms with Gasteiger partial charge < -0.3 is 23.7 Å². The van der Waals surface area contributed by atoms with Gasteiger partial charge in [0.15, 0.2) is 0 Å². The van der Waals surface area contributed by atoms with Crippen LogP contribution in [-0.2, 0) is 52.6 Å². The lowest BCUT2D eigenvalue weighted by molar-refractivity contribution is 0.0513. The van der Waals surface area contributed by atoms with Crippen LogP contribution in [0.15, 0.2) is 108 Å². The van der Waals surface area contributed by atoms with E-state index < -0.39 is 16.0 Å². The van der Waals surface area contributed by atoms with Gasteiger partial charge in [0.1, 0.15) is 22.2 Å². The van der Waals surface area contributed by atoms with Crippen molar-refractivity contribution in [2.24, 2.45) is 7.05 Å². The second-order valence-corrected chi connectivity index (χ2v) is 17.2. The van der Waals surface area contributed by atoms with Gasteiger partial charge in [0.05, 0.1) is 44.2 Å². The second-order valence-electron chi connectivity index (χ2n) is 15.3. The predicted octanol–water partition coefficient (Wildman–Crippen LogP) is 7.68. The van der Waals surface area contributed by atoms with Crippen LogP contribution in [0.2, 0.25) is 0 Å². The first-order valence-corrected chi connectivity index (χ1v) is 22.0. The number of esters is 1. The van der Waals surface area contributed by atoms with E-state index in [-0.39, 0.29) is 24.6 Å². The van der Waals surface area contributed by atoms with Gasteiger partial charge in [-0.05, 0) is 67.0 Å². The van der Waals surface area contributed by atoms with E-state index in [1.165, 1.54) is 10.5 Å². The molecule has 2 aliphatic heterocycles. The van der Waals surface area contributed by atoms with Gasteiger partial charge in [-0.25, -0.2) is 18.2 Å². The zero-order chi connectivity index (χ0) is 41.4. The molecule has 5 heterocycles. The largest absolute Gasteiger partial charge is 0.493 e. The number of morpholine rings is 1. The summed E-state index contributed by atoms with van der Waals surface area (Å²) in [5.41, 5.74) is 7.13. The third-order valence-electron chi connectivity index (χ3n) is 11.7. The van der Waals surface area contributed by atoms with Crippen LogP contribution in [0, 0.1) is 6.92 Å². The molecule has 0 unspecified atom stereocenters. The Morgan fingerprint density at radius 3 is 2.37 bits per heavy atom. The number of carbonyl (C=O) groups is 1. The van der Waals surface area contributed by atoms with Gasteiger partial charge in [-0.15, -0.1) is 0 Å². The van der Waals surface area contributed by atoms with Crippen LogP contribution < -0.4 is 9.64 Å². The van der Waals surface area contributed by atoms with E-state index in [1.807, 2.05) is 81.6 Å². The van der Waals surface area contributed by atoms with E-state index in [9.17, 15) is 13.2 Å². The van der Waals surface area contributed by atoms with Gasteiger partial charge in [-0.3, -0.25) is 4.68 Å². The summed E-state index contributed by atoms with van der Waals surface area (Å²) in [5.74, 6) is 1.13. The van der Waals surface area contributed by atoms with Crippen LogP contribution in [0.25, 0.3) is 32.8 Å². The van der Waals surface area contributed by atoms with E-state index in [0.717, 1.165) is 60.9 Å². The predicted molar refractivity (Wildman–Crippen MR) is 232 cm³/mol. The molecule has 60 heavy (non-hydrogen) atoms. The minimum absolute atomic E-state index is 0.0130. The standard InChI is InChI=1S/C47H48N6O6S/c1-4-58-47(54)46-39(19-11-25-59-42-20-9-15-33-12-7-8-16-37(33)42)38-17-10-18-40-44-32(2)50(3)49-41(44)31-52(29-34-13-5-6-14-35(34)30-53(46)45(38)40)60(55,56)36-21-22-43(48-28-36)51-23-26-57-27-24-51/h5-10,12-18,20-22,28H,4,11,19,23-27,29-31H2,1-3H3. The van der Waals surface area contributed by atoms with E-state index >= 15 is 0 Å². The molecule has 13 heteroatoms. The fourth-order valence-corrected chi connectivity index (χ4v) is 10.0. The van der Waals surface area contributed by atoms with Crippen molar-refractivity contribution in [1.82, 2.24) is 23.6 Å². The van der Waals surface area contributed by atoms with Crippen molar-refractivity contribution < 1.29 is 27.4 Å². The van der Waals surface area contributed by atoms with Gasteiger partial charge in [-0.2, -0.15) is 9.40 Å². The Labute approximate surface area is 350 Å². The maximum absolute atomic E-state index is 14.8. The van der Waals surface area contributed by atoms with Crippen molar-refractivity contribution in [3.8, 4) is 16.9 Å². The summed E-state index contributed by atoms with van der Waals surface area (Å²) in [4.78, 5) is 21.1. The summed E-state index contributed by atoms with van der Waals surface area (Å²) in [6.45, 7) is 7.47. The van der Waals surface area contributed by atoms with E-state index in [4.69, 9.17) is 19.3 Å². The van der Waals surface area contributed by atoms with Crippen LogP contribution in [0.1, 0.15) is 51.9 Å². The Kier molecular flexibility index (Phi) is 10.9. The van der Waals surface area contributed by atoms with Crippen LogP contribution in [-0.4, -0.2) is 77.5 Å². The van der Waals surface area contributed by atoms with Crippen molar-refractivity contribution >= 4 is 43.5 Å². The number of rotatable bonds is 10. The molecule has 0 spiro atoms. The Morgan fingerprint density at radius 1 is 0.850 bits per heavy atom. The molecular formula is C47H48N6O6S. The number of anilines is 1. The van der Waals surface area contributed by atoms with Crippen LogP contribution in [0.4, 0.5) is 5.82 Å². The smallest absolute Gasteiger partial charge is 0.355 e. The summed E-state index contributed by atoms with van der Waals surface area (Å²) in [5, 5.41) is 8.07. The van der Waals surface area contributed by atoms with Crippen LogP contribution in [0.3, 0.4) is 0 Å². The highest BCUT2D eigenvalue weighted by atomic mass is 32.2. The van der Waals surface area contributed by atoms with Crippen molar-refractivity contribution in [3.05, 3.63) is 137 Å². The quantitative estimate of drug-likeness (QED) is 0.101. The minimum Gasteiger partial charge on any atom is -0.493 e. The number of benzene rings is 4. The van der Waals surface area contributed by atoms with Crippen LogP contribution in [0.5, 0.6) is 5.75 Å². The number of fused-ring (bicyclic) bond motifs is 4. The normalized spacial score (nSPS) is 14.8. The Balaban J connectivity index is 1.15. The van der Waals surface area contributed by atoms with Gasteiger partial charge in [0, 0.05) is 67.0 Å². The molecule has 0 N–H and O–H groups in total. The monoisotopic (exact) mass is 824 g/mol. The number of aromatic nitrogens is 4. The molecule has 3 aromatic heterocycles. The molecule has 0 amide bonds. The van der Waals surface area contributed by atoms with E-state index in [1.54, 1.807) is 16.8 Å². The number of nitrogens with zero attached hydrogens (tertiary/aromatic N) is 6. The molecule has 1 saturated heterocycles. The fourth-order valence-electron chi connectivity index (χ4n) is 8.69. The highest BCUT2D eigenvalue weighted by molar-refractivity contribution is 7.89. The van der Waals surface area contributed by atoms with Crippen molar-refractivity contribution in [1.29, 1.82) is 0 Å². The molecular weight excluding hydrogens is 777 g/mol. The molecule has 1 fully saturated rings. The SMILES string of the molecule is CCOC(=O)c1c(CCCOc2cccc3ccccc23)c2cccc3c2n1Cc1ccccc1CN(S(=O)(=O)c1ccc(N2CCOCC2)nc1)Cc1nn(C)c(C)c1-3. The highest BCUT2D eigenvalue weighted by Gasteiger charge is 2.33. The molecule has 0 radical (unpaired) electrons. The first kappa shape index (κ1) is 39.4. The van der Waals surface area contributed by atoms with Gasteiger partial charge in [0.2, 0.25) is 10.0 Å². The lowest BCUT2D eigenvalue weighted by atomic mass is 9.98. The Hall–Kier alpha value is -6.02. The number of para-hydroxylation sites is 1. The fraction of sp³-hybridized carbons (Fsp3) is 0.298. The average Bonchev–Trinajstić information content (AvgIpc) is 3.73. The molecule has 308 valence electrons. The Morgan fingerprint density at radius 2 is 1.58 bits per heavy atom. The molecule has 4 aromatic carbocycles. The number of carbonyl (C=O) groups excluding carboxylic acids is 1. The average molecular weight is 825 g/mol. The molecule has 12 nitrogen and oxygen atoms in total. The molecule has 0 bridgehead atoms. The zero-order valence-corrected chi connectivity index (χ0v) is 35.0. The summed E-state index contributed by atoms with van der Waals surface area (Å²) < 4.78 is 52.6. The van der Waals surface area contributed by atoms with E-state index in [2.05, 4.69) is 38.7 Å². The first-order chi connectivity index (χ1) is 29.2. The molecule has 9 rings (SSSR count). The number of hydrogen-bond acceptors (Lipinski definition) is 9. The summed E-state index contributed by atoms with van der Waals surface area (Å²) in [7, 11) is -2.20. The van der Waals surface area contributed by atoms with Gasteiger partial charge in [-0.1, -0.05) is 78.9 Å². The molecule has 0 atom stereocenters. The summed E-state index contributed by atoms with van der Waals surface area (Å²) in [6.07, 6.45) is 2.67. The Bertz CT molecular complexity index is 2820. The topological polar surface area (TPSA) is 121 Å². The number of ether oxygens (including phenoxy) is 3. The molecule has 0 saturated carbocycles. The van der Waals surface area contributed by atoms with Crippen molar-refractivity contribution in [2.75, 3.05) is 44.4 Å². The zero-order valence-electron chi connectivity index (χ0n) is 34.1. The minimum atomic E-state index is -4.08. The third-order valence-corrected chi connectivity index (χ3v) is 13.5. The summed E-state index contributed by atoms with van der Waals surface area (Å²) >= 11 is 0. The lowest BCUT2D eigenvalue weighted by Gasteiger charge is -2.28. The van der Waals surface area contributed by atoms with Crippen molar-refractivity contribution in [2.45, 2.75) is 51.2 Å². The van der Waals surface area contributed by atoms with E-state index in [0.29, 0.717) is 69.5 Å². The number of aryl methyl sites for hydroxylation is 2. The van der Waals surface area contributed by atoms with Gasteiger partial charge >= 0.3 is 5.97 Å². The molecule has 7 aromatic rings.